The summed E-state index contributed by atoms with van der Waals surface area (Å²) in [6.07, 6.45) is 0.993. The molecule has 0 aliphatic rings. The lowest BCUT2D eigenvalue weighted by atomic mass is 10.1. The first-order chi connectivity index (χ1) is 9.19. The number of aromatic nitrogens is 3. The highest BCUT2D eigenvalue weighted by molar-refractivity contribution is 5.77. The quantitative estimate of drug-likeness (QED) is 0.763. The summed E-state index contributed by atoms with van der Waals surface area (Å²) in [5, 5.41) is 0. The summed E-state index contributed by atoms with van der Waals surface area (Å²) < 4.78 is 1.90. The van der Waals surface area contributed by atoms with Crippen molar-refractivity contribution in [2.24, 2.45) is 0 Å². The van der Waals surface area contributed by atoms with Crippen LogP contribution in [-0.4, -0.2) is 14.5 Å². The normalized spacial score (nSPS) is 11.1. The summed E-state index contributed by atoms with van der Waals surface area (Å²) in [7, 11) is 0. The van der Waals surface area contributed by atoms with Crippen LogP contribution in [0.2, 0.25) is 0 Å². The van der Waals surface area contributed by atoms with E-state index in [0.717, 1.165) is 29.0 Å². The molecule has 0 saturated carbocycles. The van der Waals surface area contributed by atoms with E-state index in [-0.39, 0.29) is 0 Å². The van der Waals surface area contributed by atoms with Crippen molar-refractivity contribution >= 4 is 17.1 Å². The van der Waals surface area contributed by atoms with E-state index in [1.807, 2.05) is 35.8 Å². The molecular weight excluding hydrogens is 236 g/mol. The largest absolute Gasteiger partial charge is 0.369 e. The molecule has 4 nitrogen and oxygen atoms in total. The Morgan fingerprint density at radius 2 is 2.00 bits per heavy atom. The first-order valence-electron chi connectivity index (χ1n) is 6.40. The molecule has 3 rings (SSSR count). The Bertz CT molecular complexity index is 743. The van der Waals surface area contributed by atoms with E-state index in [2.05, 4.69) is 29.0 Å². The van der Waals surface area contributed by atoms with E-state index in [1.54, 1.807) is 0 Å². The number of fused-ring (bicyclic) bond motifs is 1. The molecule has 96 valence electrons. The average molecular weight is 252 g/mol. The third kappa shape index (κ3) is 1.95. The van der Waals surface area contributed by atoms with Gasteiger partial charge in [-0.15, -0.1) is 0 Å². The second kappa shape index (κ2) is 4.39. The van der Waals surface area contributed by atoms with Gasteiger partial charge in [-0.2, -0.15) is 0 Å². The maximum absolute atomic E-state index is 6.04. The number of imidazole rings is 1. The van der Waals surface area contributed by atoms with Gasteiger partial charge in [0.25, 0.3) is 0 Å². The van der Waals surface area contributed by atoms with Gasteiger partial charge in [0.1, 0.15) is 5.52 Å². The second-order valence-corrected chi connectivity index (χ2v) is 4.62. The van der Waals surface area contributed by atoms with Crippen molar-refractivity contribution in [3.8, 4) is 5.69 Å². The Balaban J connectivity index is 2.28. The van der Waals surface area contributed by atoms with Gasteiger partial charge in [0, 0.05) is 5.69 Å². The van der Waals surface area contributed by atoms with Crippen molar-refractivity contribution in [2.45, 2.75) is 20.3 Å². The van der Waals surface area contributed by atoms with Gasteiger partial charge in [0.05, 0.1) is 5.69 Å². The molecule has 0 aliphatic carbocycles. The highest BCUT2D eigenvalue weighted by atomic mass is 15.2. The van der Waals surface area contributed by atoms with E-state index in [1.165, 1.54) is 5.56 Å². The lowest BCUT2D eigenvalue weighted by Gasteiger charge is -2.07. The van der Waals surface area contributed by atoms with Gasteiger partial charge in [-0.25, -0.2) is 9.97 Å². The van der Waals surface area contributed by atoms with Gasteiger partial charge < -0.3 is 5.73 Å². The Labute approximate surface area is 111 Å². The summed E-state index contributed by atoms with van der Waals surface area (Å²) >= 11 is 0. The molecule has 2 heterocycles. The predicted octanol–water partition coefficient (Wildman–Crippen LogP) is 2.87. The molecule has 4 heteroatoms. The average Bonchev–Trinajstić information content (AvgIpc) is 2.74. The molecule has 0 aliphatic heterocycles. The molecule has 0 amide bonds. The van der Waals surface area contributed by atoms with E-state index in [4.69, 9.17) is 5.73 Å². The number of aryl methyl sites for hydroxylation is 2. The third-order valence-electron chi connectivity index (χ3n) is 3.25. The van der Waals surface area contributed by atoms with Crippen molar-refractivity contribution < 1.29 is 0 Å². The number of nitrogen functional groups attached to an aromatic ring is 1. The van der Waals surface area contributed by atoms with Crippen LogP contribution in [0.25, 0.3) is 16.9 Å². The van der Waals surface area contributed by atoms with Crippen molar-refractivity contribution in [2.75, 3.05) is 5.73 Å². The maximum atomic E-state index is 6.04. The second-order valence-electron chi connectivity index (χ2n) is 4.62. The van der Waals surface area contributed by atoms with Gasteiger partial charge in [0.15, 0.2) is 5.65 Å². The zero-order valence-electron chi connectivity index (χ0n) is 11.1. The molecular formula is C15H16N4. The predicted molar refractivity (Wildman–Crippen MR) is 77.4 cm³/mol. The van der Waals surface area contributed by atoms with Crippen LogP contribution < -0.4 is 5.73 Å². The fourth-order valence-corrected chi connectivity index (χ4v) is 2.24. The van der Waals surface area contributed by atoms with E-state index in [9.17, 15) is 0 Å². The zero-order valence-corrected chi connectivity index (χ0v) is 11.1. The minimum Gasteiger partial charge on any atom is -0.369 e. The number of benzene rings is 1. The zero-order chi connectivity index (χ0) is 13.4. The molecule has 0 saturated heterocycles. The number of anilines is 1. The fraction of sp³-hybridized carbons (Fsp3) is 0.200. The number of rotatable bonds is 2. The van der Waals surface area contributed by atoms with E-state index >= 15 is 0 Å². The van der Waals surface area contributed by atoms with E-state index < -0.39 is 0 Å². The lowest BCUT2D eigenvalue weighted by molar-refractivity contribution is 1.05. The SMILES string of the molecule is CCc1cccc(-n2c(N)nc3ccc(C)nc32)c1. The number of nitrogens with zero attached hydrogens (tertiary/aromatic N) is 3. The highest BCUT2D eigenvalue weighted by Crippen LogP contribution is 2.22. The smallest absolute Gasteiger partial charge is 0.207 e. The Hall–Kier alpha value is -2.36. The summed E-state index contributed by atoms with van der Waals surface area (Å²) in [5.74, 6) is 0.473. The Morgan fingerprint density at radius 3 is 2.79 bits per heavy atom. The summed E-state index contributed by atoms with van der Waals surface area (Å²) in [6.45, 7) is 4.10. The molecule has 0 bridgehead atoms. The van der Waals surface area contributed by atoms with Gasteiger partial charge in [-0.3, -0.25) is 4.57 Å². The number of hydrogen-bond acceptors (Lipinski definition) is 3. The van der Waals surface area contributed by atoms with Crippen molar-refractivity contribution in [3.63, 3.8) is 0 Å². The van der Waals surface area contributed by atoms with Crippen molar-refractivity contribution in [1.82, 2.24) is 14.5 Å². The van der Waals surface area contributed by atoms with Gasteiger partial charge in [0.2, 0.25) is 5.95 Å². The van der Waals surface area contributed by atoms with Crippen LogP contribution in [0.1, 0.15) is 18.2 Å². The molecule has 19 heavy (non-hydrogen) atoms. The summed E-state index contributed by atoms with van der Waals surface area (Å²) in [5.41, 5.74) is 10.9. The minimum atomic E-state index is 0.473. The Morgan fingerprint density at radius 1 is 1.16 bits per heavy atom. The first kappa shape index (κ1) is 11.7. The molecule has 0 unspecified atom stereocenters. The van der Waals surface area contributed by atoms with Crippen LogP contribution >= 0.6 is 0 Å². The summed E-state index contributed by atoms with van der Waals surface area (Å²) in [6, 6.07) is 12.2. The fourth-order valence-electron chi connectivity index (χ4n) is 2.24. The first-order valence-corrected chi connectivity index (χ1v) is 6.40. The molecule has 0 radical (unpaired) electrons. The number of hydrogen-bond donors (Lipinski definition) is 1. The molecule has 3 aromatic rings. The van der Waals surface area contributed by atoms with Gasteiger partial charge >= 0.3 is 0 Å². The monoisotopic (exact) mass is 252 g/mol. The lowest BCUT2D eigenvalue weighted by Crippen LogP contribution is -2.02. The molecule has 0 fully saturated rings. The molecule has 2 aromatic heterocycles. The van der Waals surface area contributed by atoms with Gasteiger partial charge in [-0.1, -0.05) is 19.1 Å². The minimum absolute atomic E-state index is 0.473. The third-order valence-corrected chi connectivity index (χ3v) is 3.25. The Kier molecular flexibility index (Phi) is 2.71. The van der Waals surface area contributed by atoms with Crippen LogP contribution in [0.3, 0.4) is 0 Å². The van der Waals surface area contributed by atoms with Crippen LogP contribution in [0.4, 0.5) is 5.95 Å². The molecule has 2 N–H and O–H groups in total. The van der Waals surface area contributed by atoms with Crippen molar-refractivity contribution in [3.05, 3.63) is 47.7 Å². The molecule has 1 aromatic carbocycles. The standard InChI is InChI=1S/C15H16N4/c1-3-11-5-4-6-12(9-11)19-14-13(18-15(19)16)8-7-10(2)17-14/h4-9H,3H2,1-2H3,(H2,16,18). The topological polar surface area (TPSA) is 56.7 Å². The number of nitrogens with two attached hydrogens (primary N) is 1. The molecule has 0 atom stereocenters. The summed E-state index contributed by atoms with van der Waals surface area (Å²) in [4.78, 5) is 8.91. The van der Waals surface area contributed by atoms with Crippen LogP contribution in [0.15, 0.2) is 36.4 Å². The van der Waals surface area contributed by atoms with Gasteiger partial charge in [-0.05, 0) is 43.2 Å². The van der Waals surface area contributed by atoms with Crippen molar-refractivity contribution in [1.29, 1.82) is 0 Å². The highest BCUT2D eigenvalue weighted by Gasteiger charge is 2.11. The van der Waals surface area contributed by atoms with Crippen LogP contribution in [0, 0.1) is 6.92 Å². The van der Waals surface area contributed by atoms with Crippen LogP contribution in [0.5, 0.6) is 0 Å². The number of pyridine rings is 1. The van der Waals surface area contributed by atoms with E-state index in [0.29, 0.717) is 5.95 Å². The maximum Gasteiger partial charge on any atom is 0.207 e. The molecule has 0 spiro atoms. The van der Waals surface area contributed by atoms with Crippen LogP contribution in [-0.2, 0) is 6.42 Å².